The molecule has 0 saturated heterocycles. The van der Waals surface area contributed by atoms with Gasteiger partial charge in [-0.05, 0) is 12.0 Å². The van der Waals surface area contributed by atoms with E-state index in [4.69, 9.17) is 9.57 Å². The summed E-state index contributed by atoms with van der Waals surface area (Å²) in [5, 5.41) is 4.33. The zero-order valence-electron chi connectivity index (χ0n) is 13.5. The summed E-state index contributed by atoms with van der Waals surface area (Å²) < 4.78 is 46.6. The van der Waals surface area contributed by atoms with Gasteiger partial charge in [-0.3, -0.25) is 4.84 Å². The highest BCUT2D eigenvalue weighted by Crippen LogP contribution is 2.29. The fourth-order valence-corrected chi connectivity index (χ4v) is 1.85. The Labute approximate surface area is 141 Å². The molecule has 1 heterocycles. The van der Waals surface area contributed by atoms with Crippen molar-refractivity contribution >= 4 is 6.09 Å². The lowest BCUT2D eigenvalue weighted by Crippen LogP contribution is -2.30. The van der Waals surface area contributed by atoms with Crippen molar-refractivity contribution in [3.05, 3.63) is 35.7 Å². The van der Waals surface area contributed by atoms with Crippen LogP contribution in [0, 0.1) is 0 Å². The van der Waals surface area contributed by atoms with E-state index >= 15 is 0 Å². The molecule has 1 aromatic carbocycles. The van der Waals surface area contributed by atoms with Crippen molar-refractivity contribution in [1.29, 1.82) is 0 Å². The summed E-state index contributed by atoms with van der Waals surface area (Å²) in [7, 11) is 1.33. The van der Waals surface area contributed by atoms with E-state index in [9.17, 15) is 18.0 Å². The summed E-state index contributed by atoms with van der Waals surface area (Å²) in [6.07, 6.45) is -4.63. The number of rotatable bonds is 6. The van der Waals surface area contributed by atoms with Gasteiger partial charge in [-0.15, -0.1) is 0 Å². The molecule has 136 valence electrons. The molecule has 2 rings (SSSR count). The minimum Gasteiger partial charge on any atom is -0.448 e. The quantitative estimate of drug-likeness (QED) is 0.733. The Morgan fingerprint density at radius 3 is 2.48 bits per heavy atom. The lowest BCUT2D eigenvalue weighted by molar-refractivity contribution is -0.159. The Morgan fingerprint density at radius 1 is 1.28 bits per heavy atom. The van der Waals surface area contributed by atoms with E-state index in [1.807, 2.05) is 6.92 Å². The van der Waals surface area contributed by atoms with Crippen molar-refractivity contribution in [3.63, 3.8) is 0 Å². The molecule has 0 atom stereocenters. The van der Waals surface area contributed by atoms with Gasteiger partial charge in [0, 0.05) is 5.56 Å². The van der Waals surface area contributed by atoms with Crippen LogP contribution in [0.2, 0.25) is 0 Å². The third-order valence-electron chi connectivity index (χ3n) is 3.06. The number of nitrogens with zero attached hydrogens (tertiary/aromatic N) is 3. The number of hydroxylamine groups is 2. The number of alkyl halides is 3. The zero-order valence-corrected chi connectivity index (χ0v) is 13.5. The number of amides is 1. The highest BCUT2D eigenvalue weighted by Gasteiger charge is 2.38. The van der Waals surface area contributed by atoms with Crippen molar-refractivity contribution in [2.75, 3.05) is 13.7 Å². The third-order valence-corrected chi connectivity index (χ3v) is 3.06. The second kappa shape index (κ2) is 7.97. The van der Waals surface area contributed by atoms with Gasteiger partial charge >= 0.3 is 18.2 Å². The van der Waals surface area contributed by atoms with Gasteiger partial charge in [-0.2, -0.15) is 23.2 Å². The number of carbonyl (C=O) groups is 1. The maximum absolute atomic E-state index is 12.5. The Kier molecular flexibility index (Phi) is 5.97. The summed E-state index contributed by atoms with van der Waals surface area (Å²) in [4.78, 5) is 20.0. The lowest BCUT2D eigenvalue weighted by atomic mass is 10.1. The first-order valence-electron chi connectivity index (χ1n) is 7.33. The van der Waals surface area contributed by atoms with Crippen LogP contribution in [0.15, 0.2) is 28.8 Å². The highest BCUT2D eigenvalue weighted by molar-refractivity contribution is 5.66. The molecule has 1 amide bonds. The normalized spacial score (nSPS) is 11.4. The zero-order chi connectivity index (χ0) is 18.4. The van der Waals surface area contributed by atoms with Gasteiger partial charge in [-0.1, -0.05) is 36.3 Å². The molecule has 0 spiro atoms. The topological polar surface area (TPSA) is 77.7 Å². The predicted molar refractivity (Wildman–Crippen MR) is 78.9 cm³/mol. The van der Waals surface area contributed by atoms with Crippen molar-refractivity contribution in [3.8, 4) is 11.4 Å². The Morgan fingerprint density at radius 2 is 1.96 bits per heavy atom. The van der Waals surface area contributed by atoms with Gasteiger partial charge in [-0.25, -0.2) is 4.79 Å². The van der Waals surface area contributed by atoms with E-state index in [1.54, 1.807) is 12.1 Å². The number of aromatic nitrogens is 2. The Bertz CT molecular complexity index is 701. The van der Waals surface area contributed by atoms with Gasteiger partial charge in [0.15, 0.2) is 0 Å². The van der Waals surface area contributed by atoms with E-state index in [-0.39, 0.29) is 19.0 Å². The average molecular weight is 359 g/mol. The molecule has 1 aromatic heterocycles. The average Bonchev–Trinajstić information content (AvgIpc) is 3.08. The van der Waals surface area contributed by atoms with E-state index in [0.717, 1.165) is 5.06 Å². The maximum Gasteiger partial charge on any atom is 0.471 e. The van der Waals surface area contributed by atoms with E-state index in [1.165, 1.54) is 19.2 Å². The summed E-state index contributed by atoms with van der Waals surface area (Å²) in [5.74, 6) is -1.58. The molecule has 0 aliphatic rings. The fraction of sp³-hybridized carbons (Fsp3) is 0.400. The molecule has 10 heteroatoms. The van der Waals surface area contributed by atoms with Gasteiger partial charge in [0.25, 0.3) is 0 Å². The first kappa shape index (κ1) is 18.7. The van der Waals surface area contributed by atoms with Crippen LogP contribution in [-0.2, 0) is 22.3 Å². The van der Waals surface area contributed by atoms with E-state index in [0.29, 0.717) is 17.5 Å². The Balaban J connectivity index is 2.06. The molecule has 0 fully saturated rings. The molecular formula is C15H16F3N3O4. The molecule has 7 nitrogen and oxygen atoms in total. The molecule has 0 aliphatic carbocycles. The van der Waals surface area contributed by atoms with Crippen LogP contribution >= 0.6 is 0 Å². The number of halogens is 3. The second-order valence-electron chi connectivity index (χ2n) is 4.95. The van der Waals surface area contributed by atoms with Crippen LogP contribution in [-0.4, -0.2) is 35.0 Å². The second-order valence-corrected chi connectivity index (χ2v) is 4.95. The highest BCUT2D eigenvalue weighted by atomic mass is 19.4. The number of hydrogen-bond donors (Lipinski definition) is 0. The monoisotopic (exact) mass is 359 g/mol. The first-order chi connectivity index (χ1) is 11.8. The van der Waals surface area contributed by atoms with Crippen LogP contribution in [0.5, 0.6) is 0 Å². The van der Waals surface area contributed by atoms with E-state index in [2.05, 4.69) is 14.7 Å². The Hall–Kier alpha value is -2.62. The molecule has 0 N–H and O–H groups in total. The molecule has 0 radical (unpaired) electrons. The minimum atomic E-state index is -4.69. The van der Waals surface area contributed by atoms with Gasteiger partial charge in [0.1, 0.15) is 0 Å². The van der Waals surface area contributed by atoms with Crippen molar-refractivity contribution in [2.45, 2.75) is 26.1 Å². The number of hydrogen-bond acceptors (Lipinski definition) is 6. The smallest absolute Gasteiger partial charge is 0.448 e. The molecule has 2 aromatic rings. The molecule has 0 saturated carbocycles. The van der Waals surface area contributed by atoms with Crippen molar-refractivity contribution < 1.29 is 32.1 Å². The van der Waals surface area contributed by atoms with Crippen molar-refractivity contribution in [2.24, 2.45) is 0 Å². The molecule has 0 bridgehead atoms. The van der Waals surface area contributed by atoms with E-state index < -0.39 is 18.2 Å². The predicted octanol–water partition coefficient (Wildman–Crippen LogP) is 3.67. The maximum atomic E-state index is 12.5. The summed E-state index contributed by atoms with van der Waals surface area (Å²) in [6, 6.07) is 6.26. The number of carbonyl (C=O) groups excluding carboxylic acids is 1. The van der Waals surface area contributed by atoms with Gasteiger partial charge in [0.2, 0.25) is 5.82 Å². The summed E-state index contributed by atoms with van der Waals surface area (Å²) in [6.45, 7) is 2.25. The SMILES string of the molecule is CCCOC(=O)N(Cc1ccc(-c2noc(C(F)(F)F)n2)cc1)OC. The molecule has 0 unspecified atom stereocenters. The van der Waals surface area contributed by atoms with Gasteiger partial charge < -0.3 is 9.26 Å². The molecule has 25 heavy (non-hydrogen) atoms. The van der Waals surface area contributed by atoms with Crippen molar-refractivity contribution in [1.82, 2.24) is 15.2 Å². The fourth-order valence-electron chi connectivity index (χ4n) is 1.85. The molecule has 0 aliphatic heterocycles. The first-order valence-corrected chi connectivity index (χ1v) is 7.33. The molecular weight excluding hydrogens is 343 g/mol. The number of benzene rings is 1. The summed E-state index contributed by atoms with van der Waals surface area (Å²) in [5.41, 5.74) is 1.03. The van der Waals surface area contributed by atoms with Crippen LogP contribution in [0.3, 0.4) is 0 Å². The van der Waals surface area contributed by atoms with Crippen LogP contribution in [0.25, 0.3) is 11.4 Å². The van der Waals surface area contributed by atoms with Gasteiger partial charge in [0.05, 0.1) is 20.3 Å². The standard InChI is InChI=1S/C15H16F3N3O4/c1-3-8-24-14(22)21(23-2)9-10-4-6-11(7-5-10)12-19-13(25-20-12)15(16,17)18/h4-7H,3,8-9H2,1-2H3. The third kappa shape index (κ3) is 4.92. The van der Waals surface area contributed by atoms with Crippen LogP contribution in [0.1, 0.15) is 24.8 Å². The largest absolute Gasteiger partial charge is 0.471 e. The van der Waals surface area contributed by atoms with Crippen LogP contribution in [0.4, 0.5) is 18.0 Å². The number of ether oxygens (including phenoxy) is 1. The van der Waals surface area contributed by atoms with Crippen LogP contribution < -0.4 is 0 Å². The lowest BCUT2D eigenvalue weighted by Gasteiger charge is -2.19. The minimum absolute atomic E-state index is 0.110. The summed E-state index contributed by atoms with van der Waals surface area (Å²) >= 11 is 0.